The van der Waals surface area contributed by atoms with Crippen LogP contribution >= 0.6 is 0 Å². The summed E-state index contributed by atoms with van der Waals surface area (Å²) < 4.78 is 5.19. The molecule has 1 N–H and O–H groups in total. The van der Waals surface area contributed by atoms with E-state index in [1.807, 2.05) is 48.5 Å². The molecule has 3 rings (SSSR count). The number of carbonyl (C=O) groups is 2. The zero-order chi connectivity index (χ0) is 19.9. The zero-order valence-corrected chi connectivity index (χ0v) is 16.3. The highest BCUT2D eigenvalue weighted by Crippen LogP contribution is 2.16. The molecule has 1 aliphatic rings. The van der Waals surface area contributed by atoms with E-state index in [1.165, 1.54) is 5.56 Å². The molecule has 0 aromatic heterocycles. The highest BCUT2D eigenvalue weighted by molar-refractivity contribution is 5.92. The third-order valence-corrected chi connectivity index (χ3v) is 4.75. The minimum atomic E-state index is -0.457. The average molecular weight is 378 g/mol. The molecule has 2 amide bonds. The molecule has 2 aromatic rings. The minimum absolute atomic E-state index is 0.0522. The molecular formula is C23H26N2O3. The molecule has 0 radical (unpaired) electrons. The van der Waals surface area contributed by atoms with Crippen LogP contribution < -0.4 is 5.32 Å². The van der Waals surface area contributed by atoms with E-state index in [4.69, 9.17) is 4.74 Å². The first-order valence-corrected chi connectivity index (χ1v) is 9.55. The number of carbonyl (C=O) groups excluding carboxylic acids is 2. The number of nitrogens with zero attached hydrogens (tertiary/aromatic N) is 1. The lowest BCUT2D eigenvalue weighted by Gasteiger charge is -2.38. The van der Waals surface area contributed by atoms with Gasteiger partial charge in [0.05, 0.1) is 6.04 Å². The second kappa shape index (κ2) is 9.22. The maximum atomic E-state index is 12.2. The number of amides is 2. The summed E-state index contributed by atoms with van der Waals surface area (Å²) in [6, 6.07) is 17.7. The zero-order valence-electron chi connectivity index (χ0n) is 16.3. The van der Waals surface area contributed by atoms with Crippen molar-refractivity contribution in [1.29, 1.82) is 0 Å². The van der Waals surface area contributed by atoms with Crippen molar-refractivity contribution in [3.63, 3.8) is 0 Å². The molecule has 146 valence electrons. The van der Waals surface area contributed by atoms with E-state index in [0.29, 0.717) is 19.0 Å². The molecule has 5 heteroatoms. The van der Waals surface area contributed by atoms with Gasteiger partial charge in [-0.2, -0.15) is 0 Å². The number of benzene rings is 2. The van der Waals surface area contributed by atoms with Crippen molar-refractivity contribution in [3.8, 4) is 0 Å². The Labute approximate surface area is 166 Å². The molecule has 0 spiro atoms. The molecule has 1 heterocycles. The van der Waals surface area contributed by atoms with Crippen LogP contribution in [0.5, 0.6) is 0 Å². The number of nitrogens with one attached hydrogen (secondary N) is 1. The van der Waals surface area contributed by atoms with Gasteiger partial charge >= 0.3 is 6.09 Å². The van der Waals surface area contributed by atoms with Crippen molar-refractivity contribution in [3.05, 3.63) is 77.4 Å². The van der Waals surface area contributed by atoms with Crippen molar-refractivity contribution in [2.75, 3.05) is 13.1 Å². The molecule has 1 saturated heterocycles. The van der Waals surface area contributed by atoms with Crippen LogP contribution in [0, 0.1) is 0 Å². The predicted molar refractivity (Wildman–Crippen MR) is 110 cm³/mol. The summed E-state index contributed by atoms with van der Waals surface area (Å²) in [4.78, 5) is 25.7. The standard InChI is InChI=1S/C23H26N2O3/c1-17(2)20-11-8-18(9-12-20)10-13-22(26)25-14-21(15-25)24-23(27)28-16-19-6-4-3-5-7-19/h3-13,17,21H,14-16H2,1-2H3,(H,24,27)/b13-10+. The van der Waals surface area contributed by atoms with E-state index in [2.05, 4.69) is 31.3 Å². The van der Waals surface area contributed by atoms with Crippen molar-refractivity contribution < 1.29 is 14.3 Å². The van der Waals surface area contributed by atoms with Crippen LogP contribution in [-0.2, 0) is 16.1 Å². The highest BCUT2D eigenvalue weighted by atomic mass is 16.5. The predicted octanol–water partition coefficient (Wildman–Crippen LogP) is 3.96. The first kappa shape index (κ1) is 19.7. The van der Waals surface area contributed by atoms with Crippen LogP contribution in [0.3, 0.4) is 0 Å². The molecule has 1 aliphatic heterocycles. The lowest BCUT2D eigenvalue weighted by Crippen LogP contribution is -2.60. The average Bonchev–Trinajstić information content (AvgIpc) is 2.68. The smallest absolute Gasteiger partial charge is 0.407 e. The van der Waals surface area contributed by atoms with Crippen LogP contribution in [0.2, 0.25) is 0 Å². The van der Waals surface area contributed by atoms with Gasteiger partial charge < -0.3 is 15.0 Å². The number of rotatable bonds is 6. The second-order valence-electron chi connectivity index (χ2n) is 7.30. The molecule has 28 heavy (non-hydrogen) atoms. The molecule has 5 nitrogen and oxygen atoms in total. The van der Waals surface area contributed by atoms with Gasteiger partial charge in [0.15, 0.2) is 0 Å². The van der Waals surface area contributed by atoms with E-state index in [-0.39, 0.29) is 18.6 Å². The first-order valence-electron chi connectivity index (χ1n) is 9.55. The van der Waals surface area contributed by atoms with E-state index < -0.39 is 6.09 Å². The van der Waals surface area contributed by atoms with Gasteiger partial charge in [-0.05, 0) is 28.7 Å². The molecule has 0 unspecified atom stereocenters. The Bertz CT molecular complexity index is 823. The van der Waals surface area contributed by atoms with Crippen molar-refractivity contribution in [2.24, 2.45) is 0 Å². The quantitative estimate of drug-likeness (QED) is 0.774. The Hall–Kier alpha value is -3.08. The largest absolute Gasteiger partial charge is 0.445 e. The van der Waals surface area contributed by atoms with Gasteiger partial charge in [0.1, 0.15) is 6.61 Å². The van der Waals surface area contributed by atoms with Crippen molar-refractivity contribution in [1.82, 2.24) is 10.2 Å². The Morgan fingerprint density at radius 2 is 1.79 bits per heavy atom. The number of ether oxygens (including phenoxy) is 1. The molecule has 0 saturated carbocycles. The van der Waals surface area contributed by atoms with Gasteiger partial charge in [0, 0.05) is 19.2 Å². The van der Waals surface area contributed by atoms with E-state index in [1.54, 1.807) is 11.0 Å². The van der Waals surface area contributed by atoms with Crippen LogP contribution in [0.4, 0.5) is 4.79 Å². The lowest BCUT2D eigenvalue weighted by molar-refractivity contribution is -0.130. The SMILES string of the molecule is CC(C)c1ccc(/C=C/C(=O)N2CC(NC(=O)OCc3ccccc3)C2)cc1. The van der Waals surface area contributed by atoms with E-state index in [9.17, 15) is 9.59 Å². The van der Waals surface area contributed by atoms with Crippen molar-refractivity contribution in [2.45, 2.75) is 32.4 Å². The Kier molecular flexibility index (Phi) is 6.48. The number of alkyl carbamates (subject to hydrolysis) is 1. The third-order valence-electron chi connectivity index (χ3n) is 4.75. The topological polar surface area (TPSA) is 58.6 Å². The van der Waals surface area contributed by atoms with Crippen LogP contribution in [0.15, 0.2) is 60.7 Å². The van der Waals surface area contributed by atoms with Gasteiger partial charge in [-0.3, -0.25) is 4.79 Å². The molecule has 1 fully saturated rings. The van der Waals surface area contributed by atoms with Gasteiger partial charge in [-0.15, -0.1) is 0 Å². The third kappa shape index (κ3) is 5.46. The molecule has 0 bridgehead atoms. The van der Waals surface area contributed by atoms with Gasteiger partial charge in [-0.1, -0.05) is 68.4 Å². The van der Waals surface area contributed by atoms with E-state index >= 15 is 0 Å². The summed E-state index contributed by atoms with van der Waals surface area (Å²) >= 11 is 0. The monoisotopic (exact) mass is 378 g/mol. The summed E-state index contributed by atoms with van der Waals surface area (Å²) in [5.41, 5.74) is 3.21. The summed E-state index contributed by atoms with van der Waals surface area (Å²) in [6.45, 7) is 5.53. The van der Waals surface area contributed by atoms with Gasteiger partial charge in [0.25, 0.3) is 0 Å². The number of hydrogen-bond acceptors (Lipinski definition) is 3. The molecule has 0 atom stereocenters. The fourth-order valence-electron chi connectivity index (χ4n) is 2.95. The summed E-state index contributed by atoms with van der Waals surface area (Å²) in [7, 11) is 0. The second-order valence-corrected chi connectivity index (χ2v) is 7.30. The summed E-state index contributed by atoms with van der Waals surface area (Å²) in [5, 5.41) is 2.78. The fourth-order valence-corrected chi connectivity index (χ4v) is 2.95. The number of hydrogen-bond donors (Lipinski definition) is 1. The van der Waals surface area contributed by atoms with Crippen LogP contribution in [-0.4, -0.2) is 36.0 Å². The normalized spacial score (nSPS) is 14.2. The van der Waals surface area contributed by atoms with Crippen molar-refractivity contribution >= 4 is 18.1 Å². The number of likely N-dealkylation sites (tertiary alicyclic amines) is 1. The first-order chi connectivity index (χ1) is 13.5. The Balaban J connectivity index is 1.38. The summed E-state index contributed by atoms with van der Waals surface area (Å²) in [5.74, 6) is 0.438. The Morgan fingerprint density at radius 3 is 2.43 bits per heavy atom. The minimum Gasteiger partial charge on any atom is -0.445 e. The maximum Gasteiger partial charge on any atom is 0.407 e. The highest BCUT2D eigenvalue weighted by Gasteiger charge is 2.30. The van der Waals surface area contributed by atoms with E-state index in [0.717, 1.165) is 11.1 Å². The van der Waals surface area contributed by atoms with Gasteiger partial charge in [-0.25, -0.2) is 4.79 Å². The maximum absolute atomic E-state index is 12.2. The Morgan fingerprint density at radius 1 is 1.11 bits per heavy atom. The van der Waals surface area contributed by atoms with Gasteiger partial charge in [0.2, 0.25) is 5.91 Å². The molecular weight excluding hydrogens is 352 g/mol. The fraction of sp³-hybridized carbons (Fsp3) is 0.304. The van der Waals surface area contributed by atoms with Crippen LogP contribution in [0.25, 0.3) is 6.08 Å². The lowest BCUT2D eigenvalue weighted by atomic mass is 10.0. The van der Waals surface area contributed by atoms with Crippen LogP contribution in [0.1, 0.15) is 36.5 Å². The summed E-state index contributed by atoms with van der Waals surface area (Å²) in [6.07, 6.45) is 2.94. The molecule has 0 aliphatic carbocycles. The molecule has 2 aromatic carbocycles.